The predicted molar refractivity (Wildman–Crippen MR) is 47.9 cm³/mol. The van der Waals surface area contributed by atoms with Crippen molar-refractivity contribution in [3.63, 3.8) is 0 Å². The van der Waals surface area contributed by atoms with E-state index in [1.807, 2.05) is 0 Å². The fraction of sp³-hybridized carbons (Fsp3) is 1.00. The molecule has 2 aliphatic heterocycles. The third-order valence-corrected chi connectivity index (χ3v) is 3.45. The van der Waals surface area contributed by atoms with Gasteiger partial charge in [-0.1, -0.05) is 0 Å². The van der Waals surface area contributed by atoms with Gasteiger partial charge in [0.05, 0.1) is 12.7 Å². The number of hydrogen-bond acceptors (Lipinski definition) is 3. The zero-order valence-electron chi connectivity index (χ0n) is 7.68. The van der Waals surface area contributed by atoms with E-state index < -0.39 is 0 Å². The Bertz CT molecular complexity index is 160. The van der Waals surface area contributed by atoms with Crippen LogP contribution in [0.4, 0.5) is 0 Å². The smallest absolute Gasteiger partial charge is 0.0704 e. The SMILES string of the molecule is C[C@@H]1OCC2(CCNCC2)C1N. The molecule has 1 spiro atoms. The quantitative estimate of drug-likeness (QED) is 0.542. The summed E-state index contributed by atoms with van der Waals surface area (Å²) < 4.78 is 5.61. The van der Waals surface area contributed by atoms with E-state index in [0.29, 0.717) is 5.41 Å². The van der Waals surface area contributed by atoms with Gasteiger partial charge in [-0.05, 0) is 32.9 Å². The Balaban J connectivity index is 2.09. The van der Waals surface area contributed by atoms with E-state index in [0.717, 1.165) is 19.7 Å². The van der Waals surface area contributed by atoms with Crippen molar-refractivity contribution in [1.29, 1.82) is 0 Å². The van der Waals surface area contributed by atoms with Crippen LogP contribution in [-0.4, -0.2) is 31.8 Å². The van der Waals surface area contributed by atoms with Crippen LogP contribution in [0.2, 0.25) is 0 Å². The van der Waals surface area contributed by atoms with Crippen molar-refractivity contribution in [3.8, 4) is 0 Å². The summed E-state index contributed by atoms with van der Waals surface area (Å²) in [5.41, 5.74) is 6.43. The van der Waals surface area contributed by atoms with Crippen LogP contribution < -0.4 is 11.1 Å². The Morgan fingerprint density at radius 1 is 1.42 bits per heavy atom. The molecule has 70 valence electrons. The normalized spacial score (nSPS) is 40.5. The van der Waals surface area contributed by atoms with Crippen molar-refractivity contribution in [2.45, 2.75) is 31.9 Å². The maximum atomic E-state index is 6.14. The molecule has 0 radical (unpaired) electrons. The van der Waals surface area contributed by atoms with Crippen molar-refractivity contribution in [2.75, 3.05) is 19.7 Å². The van der Waals surface area contributed by atoms with Gasteiger partial charge in [-0.25, -0.2) is 0 Å². The van der Waals surface area contributed by atoms with Crippen LogP contribution in [0.5, 0.6) is 0 Å². The zero-order chi connectivity index (χ0) is 8.60. The van der Waals surface area contributed by atoms with Crippen molar-refractivity contribution >= 4 is 0 Å². The summed E-state index contributed by atoms with van der Waals surface area (Å²) >= 11 is 0. The minimum absolute atomic E-state index is 0.250. The minimum atomic E-state index is 0.250. The van der Waals surface area contributed by atoms with Gasteiger partial charge in [-0.15, -0.1) is 0 Å². The van der Waals surface area contributed by atoms with Gasteiger partial charge in [0.25, 0.3) is 0 Å². The van der Waals surface area contributed by atoms with Crippen LogP contribution in [-0.2, 0) is 4.74 Å². The Morgan fingerprint density at radius 2 is 2.08 bits per heavy atom. The fourth-order valence-corrected chi connectivity index (χ4v) is 2.40. The molecule has 1 unspecified atom stereocenters. The summed E-state index contributed by atoms with van der Waals surface area (Å²) in [7, 11) is 0. The lowest BCUT2D eigenvalue weighted by Crippen LogP contribution is -2.49. The van der Waals surface area contributed by atoms with Gasteiger partial charge < -0.3 is 15.8 Å². The number of ether oxygens (including phenoxy) is 1. The average molecular weight is 170 g/mol. The molecule has 3 nitrogen and oxygen atoms in total. The third-order valence-electron chi connectivity index (χ3n) is 3.45. The monoisotopic (exact) mass is 170 g/mol. The number of piperidine rings is 1. The second-order valence-corrected chi connectivity index (χ2v) is 4.15. The molecule has 2 atom stereocenters. The summed E-state index contributed by atoms with van der Waals surface area (Å²) in [5.74, 6) is 0. The third kappa shape index (κ3) is 1.16. The topological polar surface area (TPSA) is 47.3 Å². The molecule has 0 aromatic carbocycles. The first-order valence-corrected chi connectivity index (χ1v) is 4.82. The first kappa shape index (κ1) is 8.48. The Hall–Kier alpha value is -0.120. The maximum Gasteiger partial charge on any atom is 0.0704 e. The Kier molecular flexibility index (Phi) is 2.10. The van der Waals surface area contributed by atoms with E-state index in [2.05, 4.69) is 12.2 Å². The molecule has 2 heterocycles. The van der Waals surface area contributed by atoms with E-state index in [9.17, 15) is 0 Å². The second kappa shape index (κ2) is 2.98. The number of hydrogen-bond donors (Lipinski definition) is 2. The van der Waals surface area contributed by atoms with E-state index in [-0.39, 0.29) is 12.1 Å². The molecular formula is C9H18N2O. The van der Waals surface area contributed by atoms with Gasteiger partial charge in [0, 0.05) is 11.5 Å². The molecule has 0 amide bonds. The molecule has 0 bridgehead atoms. The summed E-state index contributed by atoms with van der Waals surface area (Å²) in [4.78, 5) is 0. The standard InChI is InChI=1S/C9H18N2O/c1-7-8(10)9(6-12-7)2-4-11-5-3-9/h7-8,11H,2-6,10H2,1H3/t7-,8?/m0/s1. The van der Waals surface area contributed by atoms with Crippen LogP contribution in [0.15, 0.2) is 0 Å². The fourth-order valence-electron chi connectivity index (χ4n) is 2.40. The van der Waals surface area contributed by atoms with Gasteiger partial charge in [-0.2, -0.15) is 0 Å². The maximum absolute atomic E-state index is 6.14. The summed E-state index contributed by atoms with van der Waals surface area (Å²) in [6, 6.07) is 0.250. The molecule has 3 heteroatoms. The molecule has 2 aliphatic rings. The van der Waals surface area contributed by atoms with Crippen molar-refractivity contribution in [2.24, 2.45) is 11.1 Å². The highest BCUT2D eigenvalue weighted by Gasteiger charge is 2.46. The Labute approximate surface area is 73.7 Å². The average Bonchev–Trinajstić information content (AvgIpc) is 2.37. The number of nitrogens with two attached hydrogens (primary N) is 1. The van der Waals surface area contributed by atoms with Crippen LogP contribution in [0.3, 0.4) is 0 Å². The number of rotatable bonds is 0. The van der Waals surface area contributed by atoms with E-state index in [4.69, 9.17) is 10.5 Å². The molecule has 2 rings (SSSR count). The molecule has 12 heavy (non-hydrogen) atoms. The van der Waals surface area contributed by atoms with Crippen molar-refractivity contribution in [1.82, 2.24) is 5.32 Å². The van der Waals surface area contributed by atoms with Gasteiger partial charge in [-0.3, -0.25) is 0 Å². The lowest BCUT2D eigenvalue weighted by Gasteiger charge is -2.36. The molecule has 0 saturated carbocycles. The van der Waals surface area contributed by atoms with Crippen LogP contribution in [0.1, 0.15) is 19.8 Å². The number of nitrogens with one attached hydrogen (secondary N) is 1. The highest BCUT2D eigenvalue weighted by Crippen LogP contribution is 2.39. The van der Waals surface area contributed by atoms with E-state index >= 15 is 0 Å². The molecular weight excluding hydrogens is 152 g/mol. The molecule has 0 aliphatic carbocycles. The van der Waals surface area contributed by atoms with Gasteiger partial charge >= 0.3 is 0 Å². The largest absolute Gasteiger partial charge is 0.376 e. The van der Waals surface area contributed by atoms with Gasteiger partial charge in [0.1, 0.15) is 0 Å². The molecule has 0 aromatic heterocycles. The molecule has 2 fully saturated rings. The summed E-state index contributed by atoms with van der Waals surface area (Å²) in [6.45, 7) is 5.16. The summed E-state index contributed by atoms with van der Waals surface area (Å²) in [6.07, 6.45) is 2.61. The lowest BCUT2D eigenvalue weighted by atomic mass is 9.74. The van der Waals surface area contributed by atoms with Gasteiger partial charge in [0.15, 0.2) is 0 Å². The zero-order valence-corrected chi connectivity index (χ0v) is 7.68. The minimum Gasteiger partial charge on any atom is -0.376 e. The first-order chi connectivity index (χ1) is 5.75. The first-order valence-electron chi connectivity index (χ1n) is 4.82. The van der Waals surface area contributed by atoms with Crippen molar-refractivity contribution < 1.29 is 4.74 Å². The highest BCUT2D eigenvalue weighted by molar-refractivity contribution is 4.99. The molecule has 0 aromatic rings. The second-order valence-electron chi connectivity index (χ2n) is 4.15. The van der Waals surface area contributed by atoms with Crippen LogP contribution in [0, 0.1) is 5.41 Å². The van der Waals surface area contributed by atoms with Crippen LogP contribution in [0.25, 0.3) is 0 Å². The van der Waals surface area contributed by atoms with Crippen LogP contribution >= 0.6 is 0 Å². The molecule has 3 N–H and O–H groups in total. The van der Waals surface area contributed by atoms with E-state index in [1.54, 1.807) is 0 Å². The van der Waals surface area contributed by atoms with E-state index in [1.165, 1.54) is 12.8 Å². The Morgan fingerprint density at radius 3 is 2.58 bits per heavy atom. The predicted octanol–water partition coefficient (Wildman–Crippen LogP) is 0.102. The van der Waals surface area contributed by atoms with Gasteiger partial charge in [0.2, 0.25) is 0 Å². The van der Waals surface area contributed by atoms with Crippen molar-refractivity contribution in [3.05, 3.63) is 0 Å². The highest BCUT2D eigenvalue weighted by atomic mass is 16.5. The lowest BCUT2D eigenvalue weighted by molar-refractivity contribution is 0.0952. The molecule has 2 saturated heterocycles. The summed E-state index contributed by atoms with van der Waals surface area (Å²) in [5, 5.41) is 3.36.